The molecular formula is C37H36N8Pt. The molecule has 4 aromatic heterocycles. The fraction of sp³-hybridized carbons (Fsp3) is 0.351. The van der Waals surface area contributed by atoms with E-state index in [2.05, 4.69) is 93.2 Å². The zero-order chi connectivity index (χ0) is 31.9. The molecule has 0 fully saturated rings. The van der Waals surface area contributed by atoms with Gasteiger partial charge in [-0.15, -0.1) is 23.3 Å². The Morgan fingerprint density at radius 2 is 1.33 bits per heavy atom. The van der Waals surface area contributed by atoms with Crippen LogP contribution in [0.2, 0.25) is 0 Å². The monoisotopic (exact) mass is 787 g/mol. The number of pyridine rings is 2. The molecule has 0 amide bonds. The molecule has 0 unspecified atom stereocenters. The Morgan fingerprint density at radius 3 is 1.83 bits per heavy atom. The standard InChI is InChI=1S/C37H36N8.Pt/c1-23(2)12-14-25-16-32-37(5,6)33-17-26(15-13-24(3)4)19-35(41-33)45-22-30(36(39-7)43-45)28-11-9-8-10-27(28)29-21-44(34(18-25)40-32)42-31(29)20-38;/h8-11,16-19,23-24H,12-15H2,1-6H3;/q-2;+2. The van der Waals surface area contributed by atoms with Crippen LogP contribution in [-0.2, 0) is 39.3 Å². The van der Waals surface area contributed by atoms with Gasteiger partial charge in [0, 0.05) is 21.9 Å². The summed E-state index contributed by atoms with van der Waals surface area (Å²) < 4.78 is 3.18. The van der Waals surface area contributed by atoms with E-state index in [0.29, 0.717) is 45.7 Å². The molecule has 1 aliphatic heterocycles. The summed E-state index contributed by atoms with van der Waals surface area (Å²) in [4.78, 5) is 14.1. The molecule has 0 radical (unpaired) electrons. The average Bonchev–Trinajstić information content (AvgIpc) is 3.67. The van der Waals surface area contributed by atoms with Crippen molar-refractivity contribution in [2.45, 2.75) is 72.6 Å². The maximum absolute atomic E-state index is 10.2. The van der Waals surface area contributed by atoms with E-state index < -0.39 is 5.41 Å². The summed E-state index contributed by atoms with van der Waals surface area (Å²) in [7, 11) is 0. The molecule has 0 aliphatic carbocycles. The quantitative estimate of drug-likeness (QED) is 0.163. The third-order valence-corrected chi connectivity index (χ3v) is 8.45. The Hall–Kier alpha value is -4.39. The molecule has 1 aromatic carbocycles. The Kier molecular flexibility index (Phi) is 9.43. The van der Waals surface area contributed by atoms with E-state index >= 15 is 0 Å². The fourth-order valence-corrected chi connectivity index (χ4v) is 5.65. The van der Waals surface area contributed by atoms with E-state index in [1.54, 1.807) is 9.36 Å². The van der Waals surface area contributed by atoms with Gasteiger partial charge in [0.15, 0.2) is 0 Å². The average molecular weight is 788 g/mol. The fourth-order valence-electron chi connectivity index (χ4n) is 5.65. The van der Waals surface area contributed by atoms with Crippen molar-refractivity contribution in [3.63, 3.8) is 0 Å². The van der Waals surface area contributed by atoms with E-state index in [4.69, 9.17) is 16.5 Å². The van der Waals surface area contributed by atoms with Gasteiger partial charge in [-0.1, -0.05) is 75.2 Å². The van der Waals surface area contributed by atoms with Crippen LogP contribution in [0.3, 0.4) is 0 Å². The molecular weight excluding hydrogens is 752 g/mol. The summed E-state index contributed by atoms with van der Waals surface area (Å²) in [6.07, 6.45) is 10.5. The predicted molar refractivity (Wildman–Crippen MR) is 174 cm³/mol. The Morgan fingerprint density at radius 1 is 0.826 bits per heavy atom. The van der Waals surface area contributed by atoms with E-state index in [-0.39, 0.29) is 32.6 Å². The number of aryl methyl sites for hydroxylation is 2. The first-order valence-electron chi connectivity index (χ1n) is 15.5. The molecule has 0 N–H and O–H groups in total. The van der Waals surface area contributed by atoms with Crippen molar-refractivity contribution in [1.82, 2.24) is 29.5 Å². The number of benzene rings is 1. The third kappa shape index (κ3) is 6.33. The van der Waals surface area contributed by atoms with Crippen molar-refractivity contribution >= 4 is 5.82 Å². The first-order valence-corrected chi connectivity index (χ1v) is 15.5. The van der Waals surface area contributed by atoms with Gasteiger partial charge >= 0.3 is 26.9 Å². The number of fused-ring (bicyclic) bond motifs is 13. The molecule has 0 spiro atoms. The summed E-state index contributed by atoms with van der Waals surface area (Å²) in [5.74, 6) is 2.50. The first kappa shape index (κ1) is 33.0. The van der Waals surface area contributed by atoms with E-state index in [1.165, 1.54) is 0 Å². The van der Waals surface area contributed by atoms with Crippen molar-refractivity contribution in [3.05, 3.63) is 101 Å². The SMILES string of the molecule is [C-]#[N+]c1nn2[c-]c1-c1ccccc1-c1[c-]n(nc1C#N)-c1cc(CCC(C)C)cc(n1)C(C)(C)c1cc(CCC(C)C)cc-2n1.[Pt+2]. The van der Waals surface area contributed by atoms with Gasteiger partial charge < -0.3 is 9.53 Å². The van der Waals surface area contributed by atoms with Crippen LogP contribution in [0.25, 0.3) is 38.7 Å². The molecule has 234 valence electrons. The minimum atomic E-state index is -0.596. The molecule has 0 saturated heterocycles. The zero-order valence-corrected chi connectivity index (χ0v) is 29.3. The van der Waals surface area contributed by atoms with Crippen LogP contribution < -0.4 is 0 Å². The largest absolute Gasteiger partial charge is 2.00 e. The van der Waals surface area contributed by atoms with Crippen molar-refractivity contribution < 1.29 is 21.1 Å². The number of hydrogen-bond acceptors (Lipinski definition) is 5. The molecule has 6 rings (SSSR count). The third-order valence-electron chi connectivity index (χ3n) is 8.45. The summed E-state index contributed by atoms with van der Waals surface area (Å²) in [6, 6.07) is 18.3. The molecule has 0 saturated carbocycles. The van der Waals surface area contributed by atoms with E-state index in [0.717, 1.165) is 48.2 Å². The number of aromatic nitrogens is 6. The predicted octanol–water partition coefficient (Wildman–Crippen LogP) is 8.02. The van der Waals surface area contributed by atoms with Gasteiger partial charge in [-0.3, -0.25) is 9.97 Å². The number of hydrogen-bond donors (Lipinski definition) is 0. The van der Waals surface area contributed by atoms with Gasteiger partial charge in [-0.2, -0.15) is 0 Å². The van der Waals surface area contributed by atoms with Crippen molar-refractivity contribution in [1.29, 1.82) is 5.26 Å². The molecule has 0 atom stereocenters. The second-order valence-electron chi connectivity index (χ2n) is 13.2. The summed E-state index contributed by atoms with van der Waals surface area (Å²) in [5, 5.41) is 19.5. The normalized spacial score (nSPS) is 12.8. The van der Waals surface area contributed by atoms with Gasteiger partial charge in [-0.05, 0) is 81.5 Å². The topological polar surface area (TPSA) is 89.6 Å². The number of nitriles is 1. The molecule has 46 heavy (non-hydrogen) atoms. The zero-order valence-electron chi connectivity index (χ0n) is 27.0. The van der Waals surface area contributed by atoms with Gasteiger partial charge in [0.2, 0.25) is 0 Å². The molecule has 1 aliphatic rings. The molecule has 5 aromatic rings. The van der Waals surface area contributed by atoms with Gasteiger partial charge in [0.1, 0.15) is 0 Å². The van der Waals surface area contributed by atoms with Crippen LogP contribution in [0.1, 0.15) is 82.6 Å². The van der Waals surface area contributed by atoms with Crippen LogP contribution in [0.4, 0.5) is 5.82 Å². The minimum absolute atomic E-state index is 0. The maximum atomic E-state index is 10.2. The van der Waals surface area contributed by atoms with Crippen LogP contribution in [0.5, 0.6) is 0 Å². The molecule has 8 nitrogen and oxygen atoms in total. The summed E-state index contributed by atoms with van der Waals surface area (Å²) >= 11 is 0. The second-order valence-corrected chi connectivity index (χ2v) is 13.2. The molecule has 8 bridgehead atoms. The Balaban J connectivity index is 0.00000417. The van der Waals surface area contributed by atoms with Crippen molar-refractivity contribution in [2.24, 2.45) is 11.8 Å². The maximum Gasteiger partial charge on any atom is 2.00 e. The van der Waals surface area contributed by atoms with Crippen molar-refractivity contribution in [2.75, 3.05) is 0 Å². The van der Waals surface area contributed by atoms with Gasteiger partial charge in [-0.25, -0.2) is 15.0 Å². The van der Waals surface area contributed by atoms with Crippen LogP contribution in [0.15, 0.2) is 48.5 Å². The molecule has 5 heterocycles. The molecule has 9 heteroatoms. The van der Waals surface area contributed by atoms with Crippen LogP contribution in [0, 0.1) is 42.1 Å². The van der Waals surface area contributed by atoms with Crippen LogP contribution in [-0.4, -0.2) is 29.5 Å². The number of rotatable bonds is 6. The summed E-state index contributed by atoms with van der Waals surface area (Å²) in [6.45, 7) is 21.2. The summed E-state index contributed by atoms with van der Waals surface area (Å²) in [5.41, 5.74) is 6.12. The smallest absolute Gasteiger partial charge is 0.315 e. The van der Waals surface area contributed by atoms with E-state index in [9.17, 15) is 5.26 Å². The minimum Gasteiger partial charge on any atom is -0.315 e. The second kappa shape index (κ2) is 13.1. The number of nitrogens with zero attached hydrogens (tertiary/aromatic N) is 8. The Bertz CT molecular complexity index is 1840. The van der Waals surface area contributed by atoms with Gasteiger partial charge in [0.05, 0.1) is 23.4 Å². The Labute approximate surface area is 285 Å². The van der Waals surface area contributed by atoms with Crippen LogP contribution >= 0.6 is 0 Å². The van der Waals surface area contributed by atoms with Crippen molar-refractivity contribution in [3.8, 4) is 40.0 Å². The first-order chi connectivity index (χ1) is 21.6. The van der Waals surface area contributed by atoms with Gasteiger partial charge in [0.25, 0.3) is 0 Å². The van der Waals surface area contributed by atoms with E-state index in [1.807, 2.05) is 30.3 Å².